The molecule has 2 heterocycles. The Bertz CT molecular complexity index is 687. The molecular formula is C15H12N2O2S. The molecule has 1 aromatic carbocycles. The summed E-state index contributed by atoms with van der Waals surface area (Å²) in [5.74, 6) is 0.530. The zero-order valence-electron chi connectivity index (χ0n) is 10.6. The Labute approximate surface area is 120 Å². The number of benzene rings is 1. The van der Waals surface area contributed by atoms with Crippen LogP contribution in [-0.2, 0) is 11.2 Å². The highest BCUT2D eigenvalue weighted by molar-refractivity contribution is 7.14. The highest BCUT2D eigenvalue weighted by Gasteiger charge is 2.26. The first-order valence-corrected chi connectivity index (χ1v) is 7.15. The third-order valence-electron chi connectivity index (χ3n) is 3.27. The van der Waals surface area contributed by atoms with Gasteiger partial charge in [0.15, 0.2) is 0 Å². The quantitative estimate of drug-likeness (QED) is 0.922. The molecule has 1 N–H and O–H groups in total. The number of rotatable bonds is 2. The van der Waals surface area contributed by atoms with Gasteiger partial charge in [0, 0.05) is 0 Å². The minimum Gasteiger partial charge on any atom is -0.492 e. The number of nitrogens with zero attached hydrogens (tertiary/aromatic N) is 1. The molecule has 0 fully saturated rings. The molecule has 1 aromatic heterocycles. The molecule has 4 nitrogen and oxygen atoms in total. The number of ether oxygens (including phenoxy) is 1. The Hall–Kier alpha value is -2.32. The fourth-order valence-corrected chi connectivity index (χ4v) is 2.94. The van der Waals surface area contributed by atoms with Crippen molar-refractivity contribution in [2.45, 2.75) is 6.42 Å². The maximum Gasteiger partial charge on any atom is 0.231 e. The van der Waals surface area contributed by atoms with Gasteiger partial charge in [-0.15, -0.1) is 11.3 Å². The third kappa shape index (κ3) is 2.38. The van der Waals surface area contributed by atoms with Gasteiger partial charge in [-0.2, -0.15) is 5.26 Å². The number of para-hydroxylation sites is 1. The van der Waals surface area contributed by atoms with Gasteiger partial charge >= 0.3 is 0 Å². The summed E-state index contributed by atoms with van der Waals surface area (Å²) in [5, 5.41) is 14.2. The largest absolute Gasteiger partial charge is 0.492 e. The van der Waals surface area contributed by atoms with Crippen LogP contribution in [0.1, 0.15) is 11.1 Å². The van der Waals surface area contributed by atoms with Gasteiger partial charge in [0.25, 0.3) is 0 Å². The molecule has 0 aliphatic carbocycles. The number of amides is 1. The summed E-state index contributed by atoms with van der Waals surface area (Å²) >= 11 is 1.36. The van der Waals surface area contributed by atoms with Crippen LogP contribution in [0.5, 0.6) is 5.75 Å². The first-order valence-electron chi connectivity index (χ1n) is 6.27. The van der Waals surface area contributed by atoms with E-state index in [9.17, 15) is 4.79 Å². The molecule has 1 aliphatic heterocycles. The summed E-state index contributed by atoms with van der Waals surface area (Å²) in [6.45, 7) is 0.371. The molecule has 5 heteroatoms. The standard InChI is InChI=1S/C15H12N2O2S/c16-8-11-5-6-20-15(11)17-14(18)12-7-10-3-1-2-4-13(10)19-9-12/h1-6,12H,7,9H2,(H,17,18)/t12-/m0/s1. The van der Waals surface area contributed by atoms with Crippen molar-refractivity contribution in [1.82, 2.24) is 0 Å². The number of carbonyl (C=O) groups is 1. The maximum absolute atomic E-state index is 12.2. The van der Waals surface area contributed by atoms with Crippen LogP contribution in [0, 0.1) is 17.2 Å². The maximum atomic E-state index is 12.2. The van der Waals surface area contributed by atoms with Crippen LogP contribution >= 0.6 is 11.3 Å². The van der Waals surface area contributed by atoms with E-state index in [1.807, 2.05) is 24.3 Å². The van der Waals surface area contributed by atoms with E-state index >= 15 is 0 Å². The lowest BCUT2D eigenvalue weighted by Crippen LogP contribution is -2.32. The molecule has 0 saturated carbocycles. The van der Waals surface area contributed by atoms with Gasteiger partial charge in [-0.1, -0.05) is 18.2 Å². The second-order valence-electron chi connectivity index (χ2n) is 4.58. The number of hydrogen-bond acceptors (Lipinski definition) is 4. The van der Waals surface area contributed by atoms with Gasteiger partial charge in [-0.25, -0.2) is 0 Å². The van der Waals surface area contributed by atoms with Crippen LogP contribution in [0.2, 0.25) is 0 Å². The topological polar surface area (TPSA) is 62.1 Å². The molecule has 1 amide bonds. The Morgan fingerprint density at radius 1 is 1.40 bits per heavy atom. The Kier molecular flexibility index (Phi) is 3.40. The first-order chi connectivity index (χ1) is 9.78. The highest BCUT2D eigenvalue weighted by Crippen LogP contribution is 2.28. The third-order valence-corrected chi connectivity index (χ3v) is 4.10. The summed E-state index contributed by atoms with van der Waals surface area (Å²) in [5.41, 5.74) is 1.55. The molecule has 1 atom stereocenters. The Morgan fingerprint density at radius 2 is 2.25 bits per heavy atom. The zero-order valence-corrected chi connectivity index (χ0v) is 11.4. The minimum atomic E-state index is -0.224. The van der Waals surface area contributed by atoms with Crippen LogP contribution in [0.25, 0.3) is 0 Å². The van der Waals surface area contributed by atoms with E-state index in [1.54, 1.807) is 11.4 Å². The number of anilines is 1. The summed E-state index contributed by atoms with van der Waals surface area (Å²) in [6, 6.07) is 11.5. The van der Waals surface area contributed by atoms with Crippen molar-refractivity contribution in [3.63, 3.8) is 0 Å². The van der Waals surface area contributed by atoms with Gasteiger partial charge in [0.1, 0.15) is 23.4 Å². The molecule has 20 heavy (non-hydrogen) atoms. The summed E-state index contributed by atoms with van der Waals surface area (Å²) in [7, 11) is 0. The van der Waals surface area contributed by atoms with E-state index in [0.29, 0.717) is 23.6 Å². The predicted octanol–water partition coefficient (Wildman–Crippen LogP) is 2.81. The fraction of sp³-hybridized carbons (Fsp3) is 0.200. The summed E-state index contributed by atoms with van der Waals surface area (Å²) in [4.78, 5) is 12.2. The normalized spacial score (nSPS) is 16.6. The number of fused-ring (bicyclic) bond motifs is 1. The van der Waals surface area contributed by atoms with E-state index in [2.05, 4.69) is 11.4 Å². The molecule has 0 saturated heterocycles. The first kappa shape index (κ1) is 12.7. The van der Waals surface area contributed by atoms with Crippen molar-refractivity contribution in [2.24, 2.45) is 5.92 Å². The molecule has 0 unspecified atom stereocenters. The smallest absolute Gasteiger partial charge is 0.231 e. The van der Waals surface area contributed by atoms with Gasteiger partial charge < -0.3 is 10.1 Å². The lowest BCUT2D eigenvalue weighted by molar-refractivity contribution is -0.121. The lowest BCUT2D eigenvalue weighted by Gasteiger charge is -2.24. The van der Waals surface area contributed by atoms with Crippen molar-refractivity contribution >= 4 is 22.2 Å². The number of nitrogens with one attached hydrogen (secondary N) is 1. The lowest BCUT2D eigenvalue weighted by atomic mass is 9.96. The number of carbonyl (C=O) groups excluding carboxylic acids is 1. The molecule has 2 aromatic rings. The molecule has 1 aliphatic rings. The van der Waals surface area contributed by atoms with Crippen LogP contribution in [0.3, 0.4) is 0 Å². The molecule has 0 bridgehead atoms. The van der Waals surface area contributed by atoms with Crippen molar-refractivity contribution in [2.75, 3.05) is 11.9 Å². The predicted molar refractivity (Wildman–Crippen MR) is 76.8 cm³/mol. The van der Waals surface area contributed by atoms with Crippen molar-refractivity contribution in [3.05, 3.63) is 46.8 Å². The second-order valence-corrected chi connectivity index (χ2v) is 5.50. The second kappa shape index (κ2) is 5.35. The number of thiophene rings is 1. The molecule has 100 valence electrons. The van der Waals surface area contributed by atoms with E-state index in [4.69, 9.17) is 10.00 Å². The fourth-order valence-electron chi connectivity index (χ4n) is 2.20. The monoisotopic (exact) mass is 284 g/mol. The van der Waals surface area contributed by atoms with Crippen LogP contribution in [0.15, 0.2) is 35.7 Å². The van der Waals surface area contributed by atoms with Gasteiger partial charge in [-0.3, -0.25) is 4.79 Å². The van der Waals surface area contributed by atoms with E-state index < -0.39 is 0 Å². The minimum absolute atomic E-state index is 0.0987. The Morgan fingerprint density at radius 3 is 3.10 bits per heavy atom. The van der Waals surface area contributed by atoms with E-state index in [-0.39, 0.29) is 11.8 Å². The summed E-state index contributed by atoms with van der Waals surface area (Å²) in [6.07, 6.45) is 0.662. The highest BCUT2D eigenvalue weighted by atomic mass is 32.1. The zero-order chi connectivity index (χ0) is 13.9. The number of nitriles is 1. The van der Waals surface area contributed by atoms with Gasteiger partial charge in [0.05, 0.1) is 11.5 Å². The van der Waals surface area contributed by atoms with Crippen molar-refractivity contribution in [3.8, 4) is 11.8 Å². The van der Waals surface area contributed by atoms with E-state index in [0.717, 1.165) is 11.3 Å². The van der Waals surface area contributed by atoms with Gasteiger partial charge in [-0.05, 0) is 29.5 Å². The molecular weight excluding hydrogens is 272 g/mol. The SMILES string of the molecule is N#Cc1ccsc1NC(=O)[C@@H]1COc2ccccc2C1. The van der Waals surface area contributed by atoms with Crippen LogP contribution in [-0.4, -0.2) is 12.5 Å². The molecule has 3 rings (SSSR count). The molecule has 0 spiro atoms. The Balaban J connectivity index is 1.72. The number of hydrogen-bond donors (Lipinski definition) is 1. The molecule has 0 radical (unpaired) electrons. The van der Waals surface area contributed by atoms with Crippen LogP contribution < -0.4 is 10.1 Å². The average molecular weight is 284 g/mol. The summed E-state index contributed by atoms with van der Waals surface area (Å²) < 4.78 is 5.61. The average Bonchev–Trinajstić information content (AvgIpc) is 2.94. The van der Waals surface area contributed by atoms with Crippen LogP contribution in [0.4, 0.5) is 5.00 Å². The van der Waals surface area contributed by atoms with E-state index in [1.165, 1.54) is 11.3 Å². The van der Waals surface area contributed by atoms with Gasteiger partial charge in [0.2, 0.25) is 5.91 Å². The van der Waals surface area contributed by atoms with Crippen molar-refractivity contribution in [1.29, 1.82) is 5.26 Å². The van der Waals surface area contributed by atoms with Crippen molar-refractivity contribution < 1.29 is 9.53 Å².